The van der Waals surface area contributed by atoms with Crippen LogP contribution >= 0.6 is 0 Å². The van der Waals surface area contributed by atoms with Gasteiger partial charge in [-0.1, -0.05) is 13.8 Å². The van der Waals surface area contributed by atoms with E-state index in [9.17, 15) is 4.79 Å². The number of H-pyrrole nitrogens is 1. The molecule has 0 radical (unpaired) electrons. The minimum Gasteiger partial charge on any atom is -0.338 e. The summed E-state index contributed by atoms with van der Waals surface area (Å²) in [6, 6.07) is 0. The monoisotopic (exact) mass is 182 g/mol. The van der Waals surface area contributed by atoms with Crippen LogP contribution in [0.15, 0.2) is 9.32 Å². The first-order valence-electron chi connectivity index (χ1n) is 4.34. The molecule has 1 aromatic rings. The lowest BCUT2D eigenvalue weighted by molar-refractivity contribution is 0.387. The van der Waals surface area contributed by atoms with Gasteiger partial charge in [-0.15, -0.1) is 0 Å². The number of rotatable bonds is 3. The molecule has 1 heterocycles. The molecule has 1 rings (SSSR count). The molecule has 0 saturated carbocycles. The molecule has 1 atom stereocenters. The maximum Gasteiger partial charge on any atom is 0.366 e. The van der Waals surface area contributed by atoms with Crippen molar-refractivity contribution in [2.24, 2.45) is 5.92 Å². The first-order valence-corrected chi connectivity index (χ1v) is 4.34. The maximum absolute atomic E-state index is 11.2. The highest BCUT2D eigenvalue weighted by molar-refractivity contribution is 6.00. The second kappa shape index (κ2) is 3.60. The molecule has 0 spiro atoms. The van der Waals surface area contributed by atoms with E-state index >= 15 is 0 Å². The van der Waals surface area contributed by atoms with Crippen LogP contribution in [-0.4, -0.2) is 10.9 Å². The highest BCUT2D eigenvalue weighted by Gasteiger charge is 2.17. The summed E-state index contributed by atoms with van der Waals surface area (Å²) in [4.78, 5) is 11.2. The summed E-state index contributed by atoms with van der Waals surface area (Å²) in [6.45, 7) is 5.65. The zero-order valence-corrected chi connectivity index (χ0v) is 8.10. The van der Waals surface area contributed by atoms with E-state index < -0.39 is 5.63 Å². The topological polar surface area (TPSA) is 69.8 Å². The predicted octanol–water partition coefficient (Wildman–Crippen LogP) is 1.69. The molecule has 0 saturated heterocycles. The molecule has 0 aliphatic rings. The smallest absolute Gasteiger partial charge is 0.338 e. The van der Waals surface area contributed by atoms with Gasteiger partial charge in [0.15, 0.2) is 0 Å². The Morgan fingerprint density at radius 2 is 2.31 bits per heavy atom. The summed E-state index contributed by atoms with van der Waals surface area (Å²) in [6.07, 6.45) is 0.850. The number of hydrogen-bond donors (Lipinski definition) is 2. The normalized spacial score (nSPS) is 12.8. The van der Waals surface area contributed by atoms with Crippen LogP contribution < -0.4 is 5.63 Å². The summed E-state index contributed by atoms with van der Waals surface area (Å²) < 4.78 is 4.59. The van der Waals surface area contributed by atoms with Gasteiger partial charge in [0.2, 0.25) is 0 Å². The summed E-state index contributed by atoms with van der Waals surface area (Å²) in [5.74, 6) is 0.0948. The van der Waals surface area contributed by atoms with Gasteiger partial charge in [0.05, 0.1) is 11.4 Å². The highest BCUT2D eigenvalue weighted by atomic mass is 16.5. The van der Waals surface area contributed by atoms with Crippen molar-refractivity contribution >= 4 is 5.71 Å². The molecule has 2 N–H and O–H groups in total. The molecule has 4 heteroatoms. The van der Waals surface area contributed by atoms with Gasteiger partial charge >= 0.3 is 5.63 Å². The van der Waals surface area contributed by atoms with E-state index in [1.807, 2.05) is 13.8 Å². The third kappa shape index (κ3) is 1.71. The largest absolute Gasteiger partial charge is 0.366 e. The van der Waals surface area contributed by atoms with Crippen LogP contribution in [0.5, 0.6) is 0 Å². The van der Waals surface area contributed by atoms with E-state index in [2.05, 4.69) is 9.68 Å². The van der Waals surface area contributed by atoms with Crippen molar-refractivity contribution in [3.63, 3.8) is 0 Å². The van der Waals surface area contributed by atoms with Gasteiger partial charge in [0, 0.05) is 0 Å². The maximum atomic E-state index is 11.2. The quantitative estimate of drug-likeness (QED) is 0.698. The van der Waals surface area contributed by atoms with Gasteiger partial charge in [-0.3, -0.25) is 0 Å². The van der Waals surface area contributed by atoms with Crippen LogP contribution in [0, 0.1) is 18.3 Å². The van der Waals surface area contributed by atoms with Crippen molar-refractivity contribution in [1.29, 1.82) is 5.41 Å². The van der Waals surface area contributed by atoms with E-state index in [0.717, 1.165) is 6.42 Å². The van der Waals surface area contributed by atoms with Gasteiger partial charge in [-0.05, 0) is 19.3 Å². The fraction of sp³-hybridized carbons (Fsp3) is 0.556. The van der Waals surface area contributed by atoms with Crippen LogP contribution in [0.25, 0.3) is 0 Å². The Morgan fingerprint density at radius 3 is 2.69 bits per heavy atom. The van der Waals surface area contributed by atoms with Gasteiger partial charge in [-0.2, -0.15) is 0 Å². The fourth-order valence-corrected chi connectivity index (χ4v) is 1.14. The molecule has 1 unspecified atom stereocenters. The van der Waals surface area contributed by atoms with Crippen molar-refractivity contribution in [2.45, 2.75) is 27.2 Å². The molecular weight excluding hydrogens is 168 g/mol. The van der Waals surface area contributed by atoms with Gasteiger partial charge in [0.25, 0.3) is 0 Å². The molecule has 0 bridgehead atoms. The van der Waals surface area contributed by atoms with E-state index in [1.165, 1.54) is 0 Å². The minimum atomic E-state index is -0.442. The average Bonchev–Trinajstić information content (AvgIpc) is 2.44. The van der Waals surface area contributed by atoms with Crippen LogP contribution in [0.2, 0.25) is 0 Å². The van der Waals surface area contributed by atoms with Gasteiger partial charge in [-0.25, -0.2) is 9.95 Å². The number of aryl methyl sites for hydroxylation is 1. The number of aromatic nitrogens is 1. The SMILES string of the molecule is CCC(C)C(=N)c1c(C)[nH]oc1=O. The summed E-state index contributed by atoms with van der Waals surface area (Å²) in [7, 11) is 0. The van der Waals surface area contributed by atoms with Crippen molar-refractivity contribution in [2.75, 3.05) is 0 Å². The van der Waals surface area contributed by atoms with Crippen LogP contribution in [0.4, 0.5) is 0 Å². The van der Waals surface area contributed by atoms with Crippen molar-refractivity contribution in [1.82, 2.24) is 5.16 Å². The van der Waals surface area contributed by atoms with Crippen LogP contribution in [0.3, 0.4) is 0 Å². The lowest BCUT2D eigenvalue weighted by atomic mass is 9.97. The van der Waals surface area contributed by atoms with Gasteiger partial charge in [0.1, 0.15) is 5.56 Å². The molecule has 13 heavy (non-hydrogen) atoms. The Kier molecular flexibility index (Phi) is 2.70. The number of nitrogens with one attached hydrogen (secondary N) is 2. The molecule has 0 aliphatic heterocycles. The Bertz CT molecular complexity index is 362. The highest BCUT2D eigenvalue weighted by Crippen LogP contribution is 2.10. The Morgan fingerprint density at radius 1 is 1.69 bits per heavy atom. The summed E-state index contributed by atoms with van der Waals surface area (Å²) in [5, 5.41) is 10.2. The molecule has 0 aliphatic carbocycles. The van der Waals surface area contributed by atoms with E-state index in [-0.39, 0.29) is 5.92 Å². The van der Waals surface area contributed by atoms with E-state index in [1.54, 1.807) is 6.92 Å². The number of aromatic amines is 1. The second-order valence-corrected chi connectivity index (χ2v) is 3.21. The van der Waals surface area contributed by atoms with Crippen LogP contribution in [0.1, 0.15) is 31.5 Å². The van der Waals surface area contributed by atoms with E-state index in [0.29, 0.717) is 17.0 Å². The third-order valence-corrected chi connectivity index (χ3v) is 2.25. The molecule has 0 fully saturated rings. The summed E-state index contributed by atoms with van der Waals surface area (Å²) in [5.41, 5.74) is 0.933. The minimum absolute atomic E-state index is 0.0948. The van der Waals surface area contributed by atoms with Crippen molar-refractivity contribution in [3.8, 4) is 0 Å². The first kappa shape index (κ1) is 9.77. The lowest BCUT2D eigenvalue weighted by Gasteiger charge is -2.07. The molecule has 0 amide bonds. The Hall–Kier alpha value is -1.32. The summed E-state index contributed by atoms with van der Waals surface area (Å²) >= 11 is 0. The fourth-order valence-electron chi connectivity index (χ4n) is 1.14. The third-order valence-electron chi connectivity index (χ3n) is 2.25. The molecular formula is C9H14N2O2. The molecule has 4 nitrogen and oxygen atoms in total. The molecule has 0 aromatic carbocycles. The van der Waals surface area contributed by atoms with Crippen LogP contribution in [-0.2, 0) is 0 Å². The Labute approximate surface area is 76.4 Å². The first-order chi connectivity index (χ1) is 6.07. The lowest BCUT2D eigenvalue weighted by Crippen LogP contribution is -2.17. The zero-order valence-electron chi connectivity index (χ0n) is 8.10. The predicted molar refractivity (Wildman–Crippen MR) is 50.3 cm³/mol. The molecule has 72 valence electrons. The second-order valence-electron chi connectivity index (χ2n) is 3.21. The molecule has 1 aromatic heterocycles. The number of hydrogen-bond acceptors (Lipinski definition) is 3. The Balaban J connectivity index is 3.08. The van der Waals surface area contributed by atoms with E-state index in [4.69, 9.17) is 5.41 Å². The van der Waals surface area contributed by atoms with Crippen molar-refractivity contribution < 1.29 is 4.52 Å². The zero-order chi connectivity index (χ0) is 10.0. The standard InChI is InChI=1S/C9H14N2O2/c1-4-5(2)8(10)7-6(3)11-13-9(7)12/h5,10-11H,4H2,1-3H3. The van der Waals surface area contributed by atoms with Crippen molar-refractivity contribution in [3.05, 3.63) is 21.7 Å². The average molecular weight is 182 g/mol. The van der Waals surface area contributed by atoms with Gasteiger partial charge < -0.3 is 9.93 Å².